The van der Waals surface area contributed by atoms with Gasteiger partial charge >= 0.3 is 0 Å². The van der Waals surface area contributed by atoms with Crippen LogP contribution in [0.1, 0.15) is 38.2 Å². The molecule has 1 aromatic rings. The van der Waals surface area contributed by atoms with Gasteiger partial charge in [0.1, 0.15) is 0 Å². The summed E-state index contributed by atoms with van der Waals surface area (Å²) in [6.45, 7) is 7.00. The highest BCUT2D eigenvalue weighted by Crippen LogP contribution is 2.13. The molecule has 100 valence electrons. The molecule has 1 saturated heterocycles. The Balaban J connectivity index is 1.65. The zero-order valence-electron chi connectivity index (χ0n) is 11.6. The van der Waals surface area contributed by atoms with Crippen molar-refractivity contribution in [2.24, 2.45) is 0 Å². The van der Waals surface area contributed by atoms with Gasteiger partial charge in [0.15, 0.2) is 0 Å². The molecule has 1 heterocycles. The van der Waals surface area contributed by atoms with Crippen molar-refractivity contribution in [2.75, 3.05) is 19.6 Å². The van der Waals surface area contributed by atoms with Gasteiger partial charge in [0.25, 0.3) is 0 Å². The Kier molecular flexibility index (Phi) is 5.69. The molecule has 1 unspecified atom stereocenters. The van der Waals surface area contributed by atoms with Gasteiger partial charge in [-0.05, 0) is 24.9 Å². The Morgan fingerprint density at radius 1 is 1.22 bits per heavy atom. The maximum atomic E-state index is 3.69. The van der Waals surface area contributed by atoms with Crippen LogP contribution in [0.25, 0.3) is 0 Å². The van der Waals surface area contributed by atoms with Gasteiger partial charge in [0.05, 0.1) is 0 Å². The van der Waals surface area contributed by atoms with Gasteiger partial charge in [-0.1, -0.05) is 50.1 Å². The summed E-state index contributed by atoms with van der Waals surface area (Å²) in [6, 6.07) is 11.5. The van der Waals surface area contributed by atoms with Crippen molar-refractivity contribution in [3.8, 4) is 0 Å². The molecule has 1 atom stereocenters. The number of rotatable bonds is 7. The lowest BCUT2D eigenvalue weighted by molar-refractivity contribution is 0.320. The molecule has 0 spiro atoms. The molecule has 1 aliphatic rings. The van der Waals surface area contributed by atoms with E-state index < -0.39 is 0 Å². The lowest BCUT2D eigenvalue weighted by Crippen LogP contribution is -2.33. The minimum absolute atomic E-state index is 0.713. The Morgan fingerprint density at radius 2 is 2.06 bits per heavy atom. The fourth-order valence-corrected chi connectivity index (χ4v) is 2.67. The topological polar surface area (TPSA) is 15.3 Å². The van der Waals surface area contributed by atoms with Crippen molar-refractivity contribution in [3.05, 3.63) is 35.9 Å². The fourth-order valence-electron chi connectivity index (χ4n) is 2.67. The summed E-state index contributed by atoms with van der Waals surface area (Å²) < 4.78 is 0. The van der Waals surface area contributed by atoms with Crippen LogP contribution in [-0.2, 0) is 6.54 Å². The van der Waals surface area contributed by atoms with E-state index in [1.54, 1.807) is 0 Å². The van der Waals surface area contributed by atoms with Crippen LogP contribution in [0.15, 0.2) is 30.3 Å². The van der Waals surface area contributed by atoms with Crippen molar-refractivity contribution in [3.63, 3.8) is 0 Å². The first-order chi connectivity index (χ1) is 8.88. The second-order valence-electron chi connectivity index (χ2n) is 5.37. The highest BCUT2D eigenvalue weighted by molar-refractivity contribution is 5.14. The molecule has 0 aliphatic carbocycles. The Morgan fingerprint density at radius 3 is 2.83 bits per heavy atom. The average Bonchev–Trinajstić information content (AvgIpc) is 2.84. The summed E-state index contributed by atoms with van der Waals surface area (Å²) in [6.07, 6.45) is 5.30. The standard InChI is InChI=1S/C16H26N2/c1-2-3-7-11-17-16-10-12-18(14-16)13-15-8-5-4-6-9-15/h4-6,8-9,16-17H,2-3,7,10-14H2,1H3. The highest BCUT2D eigenvalue weighted by Gasteiger charge is 2.21. The van der Waals surface area contributed by atoms with E-state index in [1.165, 1.54) is 50.9 Å². The third kappa shape index (κ3) is 4.43. The first kappa shape index (κ1) is 13.6. The molecule has 2 heteroatoms. The number of nitrogens with zero attached hydrogens (tertiary/aromatic N) is 1. The predicted molar refractivity (Wildman–Crippen MR) is 77.7 cm³/mol. The van der Waals surface area contributed by atoms with Gasteiger partial charge in [-0.25, -0.2) is 0 Å². The fraction of sp³-hybridized carbons (Fsp3) is 0.625. The van der Waals surface area contributed by atoms with Crippen LogP contribution in [0.2, 0.25) is 0 Å². The summed E-state index contributed by atoms with van der Waals surface area (Å²) >= 11 is 0. The number of unbranched alkanes of at least 4 members (excludes halogenated alkanes) is 2. The van der Waals surface area contributed by atoms with Crippen LogP contribution in [0.5, 0.6) is 0 Å². The largest absolute Gasteiger partial charge is 0.313 e. The third-order valence-electron chi connectivity index (χ3n) is 3.73. The molecule has 1 N–H and O–H groups in total. The first-order valence-electron chi connectivity index (χ1n) is 7.38. The van der Waals surface area contributed by atoms with Crippen LogP contribution in [0.3, 0.4) is 0 Å². The Labute approximate surface area is 111 Å². The summed E-state index contributed by atoms with van der Waals surface area (Å²) in [5, 5.41) is 3.69. The van der Waals surface area contributed by atoms with E-state index in [1.807, 2.05) is 0 Å². The van der Waals surface area contributed by atoms with E-state index in [4.69, 9.17) is 0 Å². The van der Waals surface area contributed by atoms with Crippen molar-refractivity contribution < 1.29 is 0 Å². The molecule has 0 saturated carbocycles. The van der Waals surface area contributed by atoms with Gasteiger partial charge in [0.2, 0.25) is 0 Å². The molecular weight excluding hydrogens is 220 g/mol. The molecule has 18 heavy (non-hydrogen) atoms. The van der Waals surface area contributed by atoms with Crippen molar-refractivity contribution >= 4 is 0 Å². The molecule has 0 aromatic heterocycles. The molecule has 1 aliphatic heterocycles. The Hall–Kier alpha value is -0.860. The SMILES string of the molecule is CCCCCNC1CCN(Cc2ccccc2)C1. The van der Waals surface area contributed by atoms with Crippen LogP contribution in [0, 0.1) is 0 Å². The molecule has 1 aromatic carbocycles. The van der Waals surface area contributed by atoms with E-state index in [-0.39, 0.29) is 0 Å². The predicted octanol–water partition coefficient (Wildman–Crippen LogP) is 3.04. The summed E-state index contributed by atoms with van der Waals surface area (Å²) in [4.78, 5) is 2.56. The maximum Gasteiger partial charge on any atom is 0.0234 e. The summed E-state index contributed by atoms with van der Waals surface area (Å²) in [5.41, 5.74) is 1.43. The quantitative estimate of drug-likeness (QED) is 0.744. The summed E-state index contributed by atoms with van der Waals surface area (Å²) in [7, 11) is 0. The second-order valence-corrected chi connectivity index (χ2v) is 5.37. The molecule has 0 amide bonds. The minimum Gasteiger partial charge on any atom is -0.313 e. The van der Waals surface area contributed by atoms with Gasteiger partial charge in [-0.15, -0.1) is 0 Å². The van der Waals surface area contributed by atoms with E-state index in [2.05, 4.69) is 47.5 Å². The zero-order chi connectivity index (χ0) is 12.6. The highest BCUT2D eigenvalue weighted by atomic mass is 15.2. The second kappa shape index (κ2) is 7.55. The van der Waals surface area contributed by atoms with Gasteiger partial charge in [0, 0.05) is 25.7 Å². The molecule has 0 radical (unpaired) electrons. The number of hydrogen-bond acceptors (Lipinski definition) is 2. The zero-order valence-corrected chi connectivity index (χ0v) is 11.6. The lowest BCUT2D eigenvalue weighted by atomic mass is 10.2. The van der Waals surface area contributed by atoms with E-state index >= 15 is 0 Å². The molecule has 0 bridgehead atoms. The van der Waals surface area contributed by atoms with Gasteiger partial charge < -0.3 is 5.32 Å². The third-order valence-corrected chi connectivity index (χ3v) is 3.73. The van der Waals surface area contributed by atoms with Crippen molar-refractivity contribution in [1.82, 2.24) is 10.2 Å². The van der Waals surface area contributed by atoms with Gasteiger partial charge in [-0.2, -0.15) is 0 Å². The Bertz CT molecular complexity index is 323. The minimum atomic E-state index is 0.713. The van der Waals surface area contributed by atoms with Crippen LogP contribution >= 0.6 is 0 Å². The molecular formula is C16H26N2. The number of likely N-dealkylation sites (tertiary alicyclic amines) is 1. The molecule has 1 fully saturated rings. The summed E-state index contributed by atoms with van der Waals surface area (Å²) in [5.74, 6) is 0. The molecule has 2 rings (SSSR count). The number of nitrogens with one attached hydrogen (secondary N) is 1. The average molecular weight is 246 g/mol. The number of hydrogen-bond donors (Lipinski definition) is 1. The van der Waals surface area contributed by atoms with E-state index in [0.717, 1.165) is 6.54 Å². The van der Waals surface area contributed by atoms with Crippen LogP contribution < -0.4 is 5.32 Å². The van der Waals surface area contributed by atoms with Crippen LogP contribution in [-0.4, -0.2) is 30.6 Å². The monoisotopic (exact) mass is 246 g/mol. The van der Waals surface area contributed by atoms with Gasteiger partial charge in [-0.3, -0.25) is 4.90 Å². The van der Waals surface area contributed by atoms with E-state index in [0.29, 0.717) is 6.04 Å². The normalized spacial score (nSPS) is 20.4. The maximum absolute atomic E-state index is 3.69. The molecule has 2 nitrogen and oxygen atoms in total. The first-order valence-corrected chi connectivity index (χ1v) is 7.38. The van der Waals surface area contributed by atoms with Crippen molar-refractivity contribution in [1.29, 1.82) is 0 Å². The van der Waals surface area contributed by atoms with Crippen molar-refractivity contribution in [2.45, 2.75) is 45.2 Å². The smallest absolute Gasteiger partial charge is 0.0234 e. The van der Waals surface area contributed by atoms with Crippen LogP contribution in [0.4, 0.5) is 0 Å². The lowest BCUT2D eigenvalue weighted by Gasteiger charge is -2.16. The number of benzene rings is 1. The van der Waals surface area contributed by atoms with E-state index in [9.17, 15) is 0 Å².